The number of methoxy groups -OCH3 is 1. The first kappa shape index (κ1) is 20.9. The van der Waals surface area contributed by atoms with Crippen LogP contribution in [0.1, 0.15) is 23.0 Å². The van der Waals surface area contributed by atoms with Crippen LogP contribution in [0.15, 0.2) is 41.8 Å². The zero-order chi connectivity index (χ0) is 21.5. The highest BCUT2D eigenvalue weighted by atomic mass is 32.2. The highest BCUT2D eigenvalue weighted by molar-refractivity contribution is 7.88. The van der Waals surface area contributed by atoms with Gasteiger partial charge in [-0.25, -0.2) is 8.42 Å². The van der Waals surface area contributed by atoms with Crippen LogP contribution in [0.5, 0.6) is 5.75 Å². The van der Waals surface area contributed by atoms with E-state index in [1.54, 1.807) is 23.3 Å². The van der Waals surface area contributed by atoms with E-state index in [0.29, 0.717) is 31.9 Å². The molecule has 2 aromatic heterocycles. The molecule has 1 aliphatic rings. The number of piperazine rings is 1. The molecule has 1 fully saturated rings. The first-order valence-electron chi connectivity index (χ1n) is 9.74. The Morgan fingerprint density at radius 3 is 2.70 bits per heavy atom. The van der Waals surface area contributed by atoms with Gasteiger partial charge in [0, 0.05) is 36.6 Å². The summed E-state index contributed by atoms with van der Waals surface area (Å²) >= 11 is 1.60. The van der Waals surface area contributed by atoms with Crippen molar-refractivity contribution >= 4 is 37.5 Å². The number of amides is 1. The van der Waals surface area contributed by atoms with Crippen LogP contribution in [-0.4, -0.2) is 67.1 Å². The Balaban J connectivity index is 1.66. The van der Waals surface area contributed by atoms with Crippen LogP contribution in [0.25, 0.3) is 10.2 Å². The molecule has 1 saturated heterocycles. The van der Waals surface area contributed by atoms with Gasteiger partial charge in [0.25, 0.3) is 5.91 Å². The van der Waals surface area contributed by atoms with Crippen LogP contribution in [0.3, 0.4) is 0 Å². The van der Waals surface area contributed by atoms with Gasteiger partial charge in [0.15, 0.2) is 0 Å². The Labute approximate surface area is 180 Å². The fraction of sp³-hybridized carbons (Fsp3) is 0.381. The average Bonchev–Trinajstić information content (AvgIpc) is 3.29. The fourth-order valence-corrected chi connectivity index (χ4v) is 6.12. The molecule has 1 unspecified atom stereocenters. The first-order valence-corrected chi connectivity index (χ1v) is 12.5. The molecule has 0 spiro atoms. The molecule has 0 radical (unpaired) electrons. The number of sulfonamides is 1. The standard InChI is InChI=1S/C21H25N3O4S2/c1-15-13-22(9-10-24(15)30(3,26)27)20(25)18-12-16-8-11-29-21(16)23(18)14-17-6-4-5-7-19(17)28-2/h4-8,11-12,15H,9-10,13-14H2,1-3H3. The SMILES string of the molecule is COc1ccccc1Cn1c(C(=O)N2CCN(S(C)(=O)=O)C(C)C2)cc2ccsc21. The summed E-state index contributed by atoms with van der Waals surface area (Å²) in [5, 5.41) is 3.05. The first-order chi connectivity index (χ1) is 14.3. The molecule has 1 amide bonds. The third-order valence-electron chi connectivity index (χ3n) is 5.52. The summed E-state index contributed by atoms with van der Waals surface area (Å²) in [7, 11) is -1.64. The van der Waals surface area contributed by atoms with E-state index in [4.69, 9.17) is 4.74 Å². The fourth-order valence-electron chi connectivity index (χ4n) is 4.09. The van der Waals surface area contributed by atoms with Crippen LogP contribution in [0.2, 0.25) is 0 Å². The zero-order valence-electron chi connectivity index (χ0n) is 17.2. The minimum atomic E-state index is -3.28. The number of rotatable bonds is 5. The van der Waals surface area contributed by atoms with E-state index >= 15 is 0 Å². The number of fused-ring (bicyclic) bond motifs is 1. The molecule has 1 atom stereocenters. The van der Waals surface area contributed by atoms with Crippen LogP contribution >= 0.6 is 11.3 Å². The van der Waals surface area contributed by atoms with Crippen molar-refractivity contribution in [3.63, 3.8) is 0 Å². The number of hydrogen-bond acceptors (Lipinski definition) is 5. The maximum Gasteiger partial charge on any atom is 0.270 e. The number of para-hydroxylation sites is 1. The normalized spacial score (nSPS) is 18.1. The largest absolute Gasteiger partial charge is 0.496 e. The molecular formula is C21H25N3O4S2. The smallest absolute Gasteiger partial charge is 0.270 e. The maximum absolute atomic E-state index is 13.4. The van der Waals surface area contributed by atoms with E-state index in [2.05, 4.69) is 0 Å². The van der Waals surface area contributed by atoms with Gasteiger partial charge in [-0.2, -0.15) is 4.31 Å². The second-order valence-electron chi connectivity index (χ2n) is 7.58. The Bertz CT molecular complexity index is 1180. The number of hydrogen-bond donors (Lipinski definition) is 0. The summed E-state index contributed by atoms with van der Waals surface area (Å²) < 4.78 is 32.9. The summed E-state index contributed by atoms with van der Waals surface area (Å²) in [5.41, 5.74) is 1.61. The van der Waals surface area contributed by atoms with Crippen molar-refractivity contribution in [1.29, 1.82) is 0 Å². The van der Waals surface area contributed by atoms with Crippen molar-refractivity contribution in [1.82, 2.24) is 13.8 Å². The minimum Gasteiger partial charge on any atom is -0.496 e. The summed E-state index contributed by atoms with van der Waals surface area (Å²) in [5.74, 6) is 0.706. The van der Waals surface area contributed by atoms with E-state index in [9.17, 15) is 13.2 Å². The molecule has 0 aliphatic carbocycles. The van der Waals surface area contributed by atoms with Gasteiger partial charge in [-0.1, -0.05) is 18.2 Å². The third-order valence-corrected chi connectivity index (χ3v) is 7.87. The highest BCUT2D eigenvalue weighted by Crippen LogP contribution is 2.29. The lowest BCUT2D eigenvalue weighted by Gasteiger charge is -2.38. The summed E-state index contributed by atoms with van der Waals surface area (Å²) in [6.07, 6.45) is 1.22. The number of carbonyl (C=O) groups is 1. The summed E-state index contributed by atoms with van der Waals surface area (Å²) in [6, 6.07) is 11.5. The van der Waals surface area contributed by atoms with Gasteiger partial charge >= 0.3 is 0 Å². The molecule has 3 heterocycles. The number of aromatic nitrogens is 1. The van der Waals surface area contributed by atoms with E-state index in [-0.39, 0.29) is 11.9 Å². The van der Waals surface area contributed by atoms with Gasteiger partial charge in [-0.3, -0.25) is 4.79 Å². The summed E-state index contributed by atoms with van der Waals surface area (Å²) in [6.45, 7) is 3.43. The van der Waals surface area contributed by atoms with Crippen molar-refractivity contribution < 1.29 is 17.9 Å². The van der Waals surface area contributed by atoms with Crippen LogP contribution in [0, 0.1) is 0 Å². The van der Waals surface area contributed by atoms with Gasteiger partial charge in [0.05, 0.1) is 19.9 Å². The predicted molar refractivity (Wildman–Crippen MR) is 119 cm³/mol. The zero-order valence-corrected chi connectivity index (χ0v) is 18.9. The molecule has 160 valence electrons. The minimum absolute atomic E-state index is 0.0756. The molecule has 1 aromatic carbocycles. The Kier molecular flexibility index (Phi) is 5.61. The van der Waals surface area contributed by atoms with Crippen LogP contribution < -0.4 is 4.74 Å². The van der Waals surface area contributed by atoms with Gasteiger partial charge in [0.1, 0.15) is 16.3 Å². The number of benzene rings is 1. The Morgan fingerprint density at radius 1 is 1.23 bits per heavy atom. The van der Waals surface area contributed by atoms with Gasteiger partial charge in [-0.05, 0) is 30.5 Å². The predicted octanol–water partition coefficient (Wildman–Crippen LogP) is 2.87. The number of carbonyl (C=O) groups excluding carboxylic acids is 1. The third kappa shape index (κ3) is 3.84. The van der Waals surface area contributed by atoms with Crippen LogP contribution in [-0.2, 0) is 16.6 Å². The quantitative estimate of drug-likeness (QED) is 0.603. The molecule has 1 aliphatic heterocycles. The summed E-state index contributed by atoms with van der Waals surface area (Å²) in [4.78, 5) is 16.2. The lowest BCUT2D eigenvalue weighted by molar-refractivity contribution is 0.0633. The second-order valence-corrected chi connectivity index (χ2v) is 10.4. The van der Waals surface area contributed by atoms with Crippen molar-refractivity contribution in [2.45, 2.75) is 19.5 Å². The number of nitrogens with zero attached hydrogens (tertiary/aromatic N) is 3. The van der Waals surface area contributed by atoms with Gasteiger partial charge in [0.2, 0.25) is 10.0 Å². The number of thiophene rings is 1. The molecular weight excluding hydrogens is 422 g/mol. The van der Waals surface area contributed by atoms with Gasteiger partial charge in [-0.15, -0.1) is 11.3 Å². The topological polar surface area (TPSA) is 71.8 Å². The van der Waals surface area contributed by atoms with E-state index in [0.717, 1.165) is 21.5 Å². The lowest BCUT2D eigenvalue weighted by Crippen LogP contribution is -2.55. The van der Waals surface area contributed by atoms with E-state index < -0.39 is 10.0 Å². The Morgan fingerprint density at radius 2 is 2.00 bits per heavy atom. The molecule has 30 heavy (non-hydrogen) atoms. The van der Waals surface area contributed by atoms with E-state index in [1.807, 2.05) is 53.3 Å². The molecule has 0 N–H and O–H groups in total. The monoisotopic (exact) mass is 447 g/mol. The van der Waals surface area contributed by atoms with Crippen molar-refractivity contribution in [3.8, 4) is 5.75 Å². The van der Waals surface area contributed by atoms with E-state index in [1.165, 1.54) is 10.6 Å². The highest BCUT2D eigenvalue weighted by Gasteiger charge is 2.33. The van der Waals surface area contributed by atoms with Gasteiger partial charge < -0.3 is 14.2 Å². The number of ether oxygens (including phenoxy) is 1. The van der Waals surface area contributed by atoms with Crippen molar-refractivity contribution in [3.05, 3.63) is 53.0 Å². The molecule has 0 saturated carbocycles. The molecule has 0 bridgehead atoms. The molecule has 3 aromatic rings. The van der Waals surface area contributed by atoms with Crippen molar-refractivity contribution in [2.24, 2.45) is 0 Å². The average molecular weight is 448 g/mol. The molecule has 4 rings (SSSR count). The molecule has 7 nitrogen and oxygen atoms in total. The second kappa shape index (κ2) is 8.05. The van der Waals surface area contributed by atoms with Crippen molar-refractivity contribution in [2.75, 3.05) is 33.0 Å². The van der Waals surface area contributed by atoms with Crippen LogP contribution in [0.4, 0.5) is 0 Å². The molecule has 9 heteroatoms. The lowest BCUT2D eigenvalue weighted by atomic mass is 10.2. The Hall–Kier alpha value is -2.36. The maximum atomic E-state index is 13.4.